The molecule has 0 aromatic heterocycles. The molecule has 0 fully saturated rings. The standard InChI is InChI=1S/C10H15BFNO3/c1-13(2)3-4-16-10-6-8(11(14)15)5-9(12)7-10/h5-7,14-15H,3-4H2,1-2H3. The fourth-order valence-corrected chi connectivity index (χ4v) is 1.16. The summed E-state index contributed by atoms with van der Waals surface area (Å²) in [5.74, 6) is -0.254. The Labute approximate surface area is 94.4 Å². The Morgan fingerprint density at radius 3 is 2.56 bits per heavy atom. The number of hydrogen-bond acceptors (Lipinski definition) is 4. The molecule has 0 bridgehead atoms. The largest absolute Gasteiger partial charge is 0.492 e. The van der Waals surface area contributed by atoms with Crippen LogP contribution >= 0.6 is 0 Å². The van der Waals surface area contributed by atoms with E-state index in [9.17, 15) is 4.39 Å². The smallest absolute Gasteiger partial charge is 0.488 e. The molecule has 0 saturated carbocycles. The summed E-state index contributed by atoms with van der Waals surface area (Å²) < 4.78 is 18.3. The first kappa shape index (κ1) is 13.0. The Morgan fingerprint density at radius 2 is 2.00 bits per heavy atom. The summed E-state index contributed by atoms with van der Waals surface area (Å²) in [6, 6.07) is 3.68. The van der Waals surface area contributed by atoms with E-state index in [0.29, 0.717) is 18.9 Å². The molecule has 88 valence electrons. The molecule has 0 radical (unpaired) electrons. The lowest BCUT2D eigenvalue weighted by atomic mass is 9.80. The predicted molar refractivity (Wildman–Crippen MR) is 60.3 cm³/mol. The van der Waals surface area contributed by atoms with Gasteiger partial charge in [-0.1, -0.05) is 0 Å². The molecule has 0 unspecified atom stereocenters. The van der Waals surface area contributed by atoms with Gasteiger partial charge in [0.15, 0.2) is 0 Å². The highest BCUT2D eigenvalue weighted by atomic mass is 19.1. The quantitative estimate of drug-likeness (QED) is 0.662. The molecular weight excluding hydrogens is 212 g/mol. The second kappa shape index (κ2) is 5.84. The minimum atomic E-state index is -1.69. The molecule has 1 aromatic carbocycles. The van der Waals surface area contributed by atoms with Gasteiger partial charge in [-0.05, 0) is 31.7 Å². The Kier molecular flexibility index (Phi) is 4.73. The van der Waals surface area contributed by atoms with Crippen molar-refractivity contribution in [2.24, 2.45) is 0 Å². The van der Waals surface area contributed by atoms with Gasteiger partial charge in [0.1, 0.15) is 18.2 Å². The number of ether oxygens (including phenoxy) is 1. The van der Waals surface area contributed by atoms with Crippen molar-refractivity contribution in [1.82, 2.24) is 4.90 Å². The number of halogens is 1. The zero-order chi connectivity index (χ0) is 12.1. The van der Waals surface area contributed by atoms with Gasteiger partial charge >= 0.3 is 7.12 Å². The number of likely N-dealkylation sites (N-methyl/N-ethyl adjacent to an activating group) is 1. The van der Waals surface area contributed by atoms with Crippen LogP contribution in [0.15, 0.2) is 18.2 Å². The lowest BCUT2D eigenvalue weighted by Crippen LogP contribution is -2.30. The van der Waals surface area contributed by atoms with Crippen LogP contribution in [0.3, 0.4) is 0 Å². The first-order valence-corrected chi connectivity index (χ1v) is 4.93. The van der Waals surface area contributed by atoms with Crippen molar-refractivity contribution in [2.75, 3.05) is 27.2 Å². The topological polar surface area (TPSA) is 52.9 Å². The predicted octanol–water partition coefficient (Wildman–Crippen LogP) is -0.554. The van der Waals surface area contributed by atoms with Crippen LogP contribution in [-0.4, -0.2) is 49.3 Å². The summed E-state index contributed by atoms with van der Waals surface area (Å²) in [7, 11) is 2.11. The van der Waals surface area contributed by atoms with Crippen LogP contribution in [0.2, 0.25) is 0 Å². The summed E-state index contributed by atoms with van der Waals surface area (Å²) in [4.78, 5) is 1.93. The Balaban J connectivity index is 2.65. The van der Waals surface area contributed by atoms with E-state index >= 15 is 0 Å². The third-order valence-electron chi connectivity index (χ3n) is 2.00. The van der Waals surface area contributed by atoms with E-state index in [1.807, 2.05) is 19.0 Å². The van der Waals surface area contributed by atoms with Crippen molar-refractivity contribution in [1.29, 1.82) is 0 Å². The van der Waals surface area contributed by atoms with E-state index < -0.39 is 12.9 Å². The number of rotatable bonds is 5. The summed E-state index contributed by atoms with van der Waals surface area (Å²) in [5, 5.41) is 17.8. The highest BCUT2D eigenvalue weighted by molar-refractivity contribution is 6.58. The maximum absolute atomic E-state index is 13.1. The van der Waals surface area contributed by atoms with E-state index in [-0.39, 0.29) is 5.46 Å². The highest BCUT2D eigenvalue weighted by Crippen LogP contribution is 2.10. The third-order valence-corrected chi connectivity index (χ3v) is 2.00. The number of benzene rings is 1. The van der Waals surface area contributed by atoms with Gasteiger partial charge in [0, 0.05) is 12.6 Å². The van der Waals surface area contributed by atoms with Crippen LogP contribution < -0.4 is 10.2 Å². The van der Waals surface area contributed by atoms with Gasteiger partial charge in [0.2, 0.25) is 0 Å². The average Bonchev–Trinajstić information content (AvgIpc) is 2.16. The Bertz CT molecular complexity index is 347. The highest BCUT2D eigenvalue weighted by Gasteiger charge is 2.13. The lowest BCUT2D eigenvalue weighted by molar-refractivity contribution is 0.260. The zero-order valence-electron chi connectivity index (χ0n) is 9.35. The van der Waals surface area contributed by atoms with Crippen LogP contribution in [0.4, 0.5) is 4.39 Å². The van der Waals surface area contributed by atoms with Crippen LogP contribution in [0.25, 0.3) is 0 Å². The molecule has 2 N–H and O–H groups in total. The van der Waals surface area contributed by atoms with E-state index in [4.69, 9.17) is 14.8 Å². The molecule has 0 spiro atoms. The van der Waals surface area contributed by atoms with Crippen molar-refractivity contribution in [3.8, 4) is 5.75 Å². The molecule has 0 heterocycles. The lowest BCUT2D eigenvalue weighted by Gasteiger charge is -2.11. The van der Waals surface area contributed by atoms with Crippen LogP contribution in [0.1, 0.15) is 0 Å². The molecule has 1 aromatic rings. The summed E-state index contributed by atoms with van der Waals surface area (Å²) in [6.45, 7) is 1.12. The van der Waals surface area contributed by atoms with Gasteiger partial charge in [0.05, 0.1) is 0 Å². The van der Waals surface area contributed by atoms with Gasteiger partial charge in [-0.15, -0.1) is 0 Å². The van der Waals surface area contributed by atoms with Crippen molar-refractivity contribution < 1.29 is 19.2 Å². The van der Waals surface area contributed by atoms with Gasteiger partial charge < -0.3 is 19.7 Å². The normalized spacial score (nSPS) is 10.6. The monoisotopic (exact) mass is 227 g/mol. The van der Waals surface area contributed by atoms with Crippen LogP contribution in [-0.2, 0) is 0 Å². The molecule has 0 atom stereocenters. The van der Waals surface area contributed by atoms with Gasteiger partial charge in [0.25, 0.3) is 0 Å². The maximum atomic E-state index is 13.1. The first-order valence-electron chi connectivity index (χ1n) is 4.93. The molecule has 6 heteroatoms. The minimum absolute atomic E-state index is 0.0832. The van der Waals surface area contributed by atoms with Crippen molar-refractivity contribution in [3.63, 3.8) is 0 Å². The molecule has 0 aliphatic heterocycles. The average molecular weight is 227 g/mol. The van der Waals surface area contributed by atoms with E-state index in [0.717, 1.165) is 6.07 Å². The summed E-state index contributed by atoms with van der Waals surface area (Å²) in [5.41, 5.74) is 0.0832. The fourth-order valence-electron chi connectivity index (χ4n) is 1.16. The SMILES string of the molecule is CN(C)CCOc1cc(F)cc(B(O)O)c1. The van der Waals surface area contributed by atoms with E-state index in [1.165, 1.54) is 12.1 Å². The third kappa shape index (κ3) is 4.18. The second-order valence-corrected chi connectivity index (χ2v) is 3.75. The molecular formula is C10H15BFNO3. The molecule has 1 rings (SSSR count). The molecule has 4 nitrogen and oxygen atoms in total. The molecule has 0 saturated heterocycles. The van der Waals surface area contributed by atoms with Crippen LogP contribution in [0, 0.1) is 5.82 Å². The molecule has 0 aliphatic carbocycles. The zero-order valence-corrected chi connectivity index (χ0v) is 9.35. The second-order valence-electron chi connectivity index (χ2n) is 3.75. The van der Waals surface area contributed by atoms with Crippen LogP contribution in [0.5, 0.6) is 5.75 Å². The Hall–Kier alpha value is -1.11. The first-order chi connectivity index (χ1) is 7.49. The fraction of sp³-hybridized carbons (Fsp3) is 0.400. The number of nitrogens with zero attached hydrogens (tertiary/aromatic N) is 1. The van der Waals surface area contributed by atoms with Gasteiger partial charge in [-0.2, -0.15) is 0 Å². The van der Waals surface area contributed by atoms with Crippen molar-refractivity contribution in [3.05, 3.63) is 24.0 Å². The van der Waals surface area contributed by atoms with Crippen molar-refractivity contribution in [2.45, 2.75) is 0 Å². The van der Waals surface area contributed by atoms with Gasteiger partial charge in [-0.25, -0.2) is 4.39 Å². The number of hydrogen-bond donors (Lipinski definition) is 2. The van der Waals surface area contributed by atoms with E-state index in [1.54, 1.807) is 0 Å². The summed E-state index contributed by atoms with van der Waals surface area (Å²) >= 11 is 0. The molecule has 0 amide bonds. The van der Waals surface area contributed by atoms with Crippen molar-refractivity contribution >= 4 is 12.6 Å². The van der Waals surface area contributed by atoms with Gasteiger partial charge in [-0.3, -0.25) is 0 Å². The Morgan fingerprint density at radius 1 is 1.31 bits per heavy atom. The maximum Gasteiger partial charge on any atom is 0.488 e. The molecule has 16 heavy (non-hydrogen) atoms. The molecule has 0 aliphatic rings. The summed E-state index contributed by atoms with van der Waals surface area (Å²) in [6.07, 6.45) is 0. The van der Waals surface area contributed by atoms with E-state index in [2.05, 4.69) is 0 Å². The minimum Gasteiger partial charge on any atom is -0.492 e.